The van der Waals surface area contributed by atoms with Crippen LogP contribution >= 0.6 is 25.3 Å². The molecule has 0 bridgehead atoms. The summed E-state index contributed by atoms with van der Waals surface area (Å²) in [5.41, 5.74) is 0.145. The summed E-state index contributed by atoms with van der Waals surface area (Å²) in [5, 5.41) is 0.145. The van der Waals surface area contributed by atoms with Crippen molar-refractivity contribution >= 4 is 33.1 Å². The van der Waals surface area contributed by atoms with Gasteiger partial charge in [0.05, 0.1) is 4.08 Å². The lowest BCUT2D eigenvalue weighted by atomic mass is 9.58. The molecule has 3 heteroatoms. The van der Waals surface area contributed by atoms with Crippen LogP contribution in [0.4, 0.5) is 0 Å². The first-order valence-corrected chi connectivity index (χ1v) is 7.73. The first-order valence-electron chi connectivity index (χ1n) is 6.83. The summed E-state index contributed by atoms with van der Waals surface area (Å²) >= 11 is 9.96. The Balaban J connectivity index is 3.39. The van der Waals surface area contributed by atoms with Gasteiger partial charge in [0.1, 0.15) is 7.85 Å². The van der Waals surface area contributed by atoms with E-state index >= 15 is 0 Å². The molecule has 0 amide bonds. The lowest BCUT2D eigenvalue weighted by Gasteiger charge is -2.44. The van der Waals surface area contributed by atoms with Gasteiger partial charge in [0.2, 0.25) is 0 Å². The Kier molecular flexibility index (Phi) is 4.10. The molecule has 0 heterocycles. The molecule has 0 aliphatic heterocycles. The Hall–Kier alpha value is 0.765. The Morgan fingerprint density at radius 3 is 1.47 bits per heavy atom. The van der Waals surface area contributed by atoms with Crippen LogP contribution in [0.25, 0.3) is 0 Å². The van der Waals surface area contributed by atoms with Crippen LogP contribution in [0.15, 0.2) is 0 Å². The zero-order chi connectivity index (χ0) is 13.8. The maximum atomic E-state index is 4.98. The summed E-state index contributed by atoms with van der Waals surface area (Å²) in [4.78, 5) is 0. The minimum absolute atomic E-state index is 0.145. The Morgan fingerprint density at radius 2 is 1.24 bits per heavy atom. The molecule has 0 aromatic heterocycles. The summed E-state index contributed by atoms with van der Waals surface area (Å²) in [7, 11) is 2.35. The van der Waals surface area contributed by atoms with Gasteiger partial charge in [-0.25, -0.2) is 0 Å². The third-order valence-electron chi connectivity index (χ3n) is 5.29. The van der Waals surface area contributed by atoms with Gasteiger partial charge in [0.25, 0.3) is 0 Å². The molecular formula is C14H29BS2. The summed E-state index contributed by atoms with van der Waals surface area (Å²) in [6.07, 6.45) is 0. The topological polar surface area (TPSA) is 0 Å². The van der Waals surface area contributed by atoms with E-state index in [-0.39, 0.29) is 14.8 Å². The largest absolute Gasteiger partial charge is 0.161 e. The fourth-order valence-corrected chi connectivity index (χ4v) is 5.29. The van der Waals surface area contributed by atoms with Gasteiger partial charge < -0.3 is 0 Å². The van der Waals surface area contributed by atoms with Crippen molar-refractivity contribution in [1.82, 2.24) is 0 Å². The van der Waals surface area contributed by atoms with Crippen LogP contribution in [0.2, 0.25) is 5.31 Å². The molecule has 0 aromatic rings. The molecule has 0 aromatic carbocycles. The molecule has 17 heavy (non-hydrogen) atoms. The van der Waals surface area contributed by atoms with Crippen LogP contribution in [0.5, 0.6) is 0 Å². The van der Waals surface area contributed by atoms with Gasteiger partial charge in [0.15, 0.2) is 0 Å². The van der Waals surface area contributed by atoms with Crippen LogP contribution in [-0.2, 0) is 0 Å². The average Bonchev–Trinajstić information content (AvgIpc) is 2.20. The summed E-state index contributed by atoms with van der Waals surface area (Å²) < 4.78 is -0.218. The third-order valence-corrected chi connectivity index (χ3v) is 7.59. The van der Waals surface area contributed by atoms with E-state index in [1.165, 1.54) is 0 Å². The van der Waals surface area contributed by atoms with Gasteiger partial charge in [-0.1, -0.05) is 48.5 Å². The Bertz CT molecular complexity index is 265. The van der Waals surface area contributed by atoms with E-state index < -0.39 is 0 Å². The maximum Gasteiger partial charge on any atom is 0.112 e. The second-order valence-electron chi connectivity index (χ2n) is 7.66. The van der Waals surface area contributed by atoms with Gasteiger partial charge in [-0.05, 0) is 34.4 Å². The van der Waals surface area contributed by atoms with E-state index in [1.54, 1.807) is 0 Å². The van der Waals surface area contributed by atoms with Crippen molar-refractivity contribution in [3.63, 3.8) is 0 Å². The van der Waals surface area contributed by atoms with Crippen LogP contribution in [0, 0.1) is 29.1 Å². The van der Waals surface area contributed by atoms with Gasteiger partial charge in [-0.2, -0.15) is 25.3 Å². The van der Waals surface area contributed by atoms with Crippen molar-refractivity contribution in [3.05, 3.63) is 0 Å². The quantitative estimate of drug-likeness (QED) is 0.424. The zero-order valence-corrected chi connectivity index (χ0v) is 14.5. The van der Waals surface area contributed by atoms with E-state index in [0.29, 0.717) is 23.7 Å². The van der Waals surface area contributed by atoms with Crippen molar-refractivity contribution in [2.24, 2.45) is 29.1 Å². The normalized spacial score (nSPS) is 40.2. The van der Waals surface area contributed by atoms with Crippen LogP contribution in [-0.4, -0.2) is 11.9 Å². The van der Waals surface area contributed by atoms with E-state index in [0.717, 1.165) is 0 Å². The van der Waals surface area contributed by atoms with Crippen molar-refractivity contribution in [3.8, 4) is 0 Å². The van der Waals surface area contributed by atoms with Crippen molar-refractivity contribution < 1.29 is 0 Å². The maximum absolute atomic E-state index is 4.98. The first-order chi connectivity index (χ1) is 7.39. The molecule has 1 fully saturated rings. The monoisotopic (exact) mass is 272 g/mol. The molecule has 1 saturated carbocycles. The minimum Gasteiger partial charge on any atom is -0.161 e. The van der Waals surface area contributed by atoms with Gasteiger partial charge in [-0.3, -0.25) is 0 Å². The molecule has 0 spiro atoms. The van der Waals surface area contributed by atoms with E-state index in [4.69, 9.17) is 25.3 Å². The predicted octanol–water partition coefficient (Wildman–Crippen LogP) is 3.94. The van der Waals surface area contributed by atoms with Crippen LogP contribution in [0.1, 0.15) is 48.5 Å². The fraction of sp³-hybridized carbons (Fsp3) is 1.00. The van der Waals surface area contributed by atoms with Crippen molar-refractivity contribution in [2.75, 3.05) is 0 Å². The number of rotatable bonds is 2. The third kappa shape index (κ3) is 2.00. The molecule has 1 rings (SSSR count). The molecule has 3 unspecified atom stereocenters. The Morgan fingerprint density at radius 1 is 0.882 bits per heavy atom. The molecule has 0 radical (unpaired) electrons. The van der Waals surface area contributed by atoms with Crippen molar-refractivity contribution in [2.45, 2.75) is 57.9 Å². The number of hydrogen-bond donors (Lipinski definition) is 2. The summed E-state index contributed by atoms with van der Waals surface area (Å²) in [6.45, 7) is 16.4. The molecule has 0 saturated heterocycles. The van der Waals surface area contributed by atoms with E-state index in [2.05, 4.69) is 56.3 Å². The highest BCUT2D eigenvalue weighted by atomic mass is 32.2. The standard InChI is InChI=1S/C14H29BS2/c1-8(2)10-11(9(3)4)13(7,15)14(16,17)12(10,5)6/h8-11,16-17H,15H2,1-7H3. The molecule has 100 valence electrons. The lowest BCUT2D eigenvalue weighted by molar-refractivity contribution is 0.125. The highest BCUT2D eigenvalue weighted by Crippen LogP contribution is 2.72. The second-order valence-corrected chi connectivity index (χ2v) is 9.35. The molecule has 3 atom stereocenters. The van der Waals surface area contributed by atoms with Gasteiger partial charge >= 0.3 is 0 Å². The lowest BCUT2D eigenvalue weighted by Crippen LogP contribution is -2.40. The first kappa shape index (κ1) is 15.8. The molecule has 0 nitrogen and oxygen atoms in total. The van der Waals surface area contributed by atoms with E-state index in [1.807, 2.05) is 0 Å². The minimum atomic E-state index is -0.218. The zero-order valence-electron chi connectivity index (χ0n) is 12.7. The van der Waals surface area contributed by atoms with Crippen LogP contribution in [0.3, 0.4) is 0 Å². The second kappa shape index (κ2) is 4.40. The number of thiol groups is 2. The highest BCUT2D eigenvalue weighted by molar-refractivity contribution is 8.01. The fourth-order valence-electron chi connectivity index (χ4n) is 4.69. The van der Waals surface area contributed by atoms with Gasteiger partial charge in [0, 0.05) is 0 Å². The average molecular weight is 272 g/mol. The van der Waals surface area contributed by atoms with E-state index in [9.17, 15) is 0 Å². The van der Waals surface area contributed by atoms with Crippen LogP contribution < -0.4 is 0 Å². The smallest absolute Gasteiger partial charge is 0.112 e. The molecule has 1 aliphatic carbocycles. The highest BCUT2D eigenvalue weighted by Gasteiger charge is 2.66. The van der Waals surface area contributed by atoms with Gasteiger partial charge in [-0.15, -0.1) is 0 Å². The Labute approximate surface area is 120 Å². The predicted molar refractivity (Wildman–Crippen MR) is 88.1 cm³/mol. The van der Waals surface area contributed by atoms with Crippen molar-refractivity contribution in [1.29, 1.82) is 0 Å². The SMILES string of the molecule is BC1(C)C(C(C)C)C(C(C)C)C(C)(C)C1(S)S. The summed E-state index contributed by atoms with van der Waals surface area (Å²) in [6, 6.07) is 0. The molecule has 0 N–H and O–H groups in total. The molecule has 1 aliphatic rings. The molecular weight excluding hydrogens is 243 g/mol. The number of hydrogen-bond acceptors (Lipinski definition) is 2. The summed E-state index contributed by atoms with van der Waals surface area (Å²) in [5.74, 6) is 2.70.